The normalized spacial score (nSPS) is 23.3. The number of carbonyl (C=O) groups excluding carboxylic acids is 1. The number of nitrogens with zero attached hydrogens (tertiary/aromatic N) is 1. The molecule has 1 N–H and O–H groups in total. The van der Waals surface area contributed by atoms with E-state index in [-0.39, 0.29) is 11.8 Å². The Bertz CT molecular complexity index is 248. The zero-order chi connectivity index (χ0) is 13.4. The largest absolute Gasteiger partial charge is 0.385 e. The van der Waals surface area contributed by atoms with Crippen molar-refractivity contribution in [1.29, 1.82) is 0 Å². The van der Waals surface area contributed by atoms with E-state index in [0.717, 1.165) is 26.1 Å². The summed E-state index contributed by atoms with van der Waals surface area (Å²) in [6.07, 6.45) is 0.875. The van der Waals surface area contributed by atoms with Gasteiger partial charge in [-0.1, -0.05) is 6.92 Å². The summed E-state index contributed by atoms with van der Waals surface area (Å²) >= 11 is 0. The van der Waals surface area contributed by atoms with E-state index in [4.69, 9.17) is 9.47 Å². The number of ether oxygens (including phenoxy) is 2. The smallest absolute Gasteiger partial charge is 0.227 e. The molecular weight excluding hydrogens is 232 g/mol. The van der Waals surface area contributed by atoms with Gasteiger partial charge in [0, 0.05) is 40.5 Å². The third-order valence-electron chi connectivity index (χ3n) is 3.49. The van der Waals surface area contributed by atoms with E-state index in [1.165, 1.54) is 0 Å². The lowest BCUT2D eigenvalue weighted by molar-refractivity contribution is -0.136. The monoisotopic (exact) mass is 258 g/mol. The van der Waals surface area contributed by atoms with E-state index in [0.29, 0.717) is 25.7 Å². The maximum Gasteiger partial charge on any atom is 0.227 e. The molecule has 0 aliphatic carbocycles. The molecule has 1 rings (SSSR count). The third kappa shape index (κ3) is 4.55. The molecule has 0 bridgehead atoms. The Morgan fingerprint density at radius 3 is 2.50 bits per heavy atom. The topological polar surface area (TPSA) is 50.8 Å². The van der Waals surface area contributed by atoms with Gasteiger partial charge in [0.15, 0.2) is 0 Å². The van der Waals surface area contributed by atoms with Crippen molar-refractivity contribution in [2.45, 2.75) is 13.3 Å². The predicted molar refractivity (Wildman–Crippen MR) is 70.5 cm³/mol. The fourth-order valence-electron chi connectivity index (χ4n) is 2.31. The first-order valence-corrected chi connectivity index (χ1v) is 6.68. The van der Waals surface area contributed by atoms with Gasteiger partial charge < -0.3 is 19.7 Å². The van der Waals surface area contributed by atoms with E-state index in [2.05, 4.69) is 12.2 Å². The first-order chi connectivity index (χ1) is 8.70. The molecule has 1 amide bonds. The number of nitrogens with one attached hydrogen (secondary N) is 1. The van der Waals surface area contributed by atoms with Gasteiger partial charge in [-0.05, 0) is 18.9 Å². The summed E-state index contributed by atoms with van der Waals surface area (Å²) < 4.78 is 10.1. The summed E-state index contributed by atoms with van der Waals surface area (Å²) in [5.41, 5.74) is 0. The molecule has 1 heterocycles. The van der Waals surface area contributed by atoms with Gasteiger partial charge in [0.05, 0.1) is 12.5 Å². The van der Waals surface area contributed by atoms with Crippen LogP contribution in [0.4, 0.5) is 0 Å². The fraction of sp³-hybridized carbons (Fsp3) is 0.923. The van der Waals surface area contributed by atoms with Crippen molar-refractivity contribution >= 4 is 5.91 Å². The molecular formula is C13H26N2O3. The van der Waals surface area contributed by atoms with Crippen LogP contribution in [0.15, 0.2) is 0 Å². The van der Waals surface area contributed by atoms with Crippen LogP contribution in [0, 0.1) is 11.8 Å². The van der Waals surface area contributed by atoms with Crippen LogP contribution in [-0.4, -0.2) is 64.4 Å². The first kappa shape index (κ1) is 15.4. The molecule has 106 valence electrons. The van der Waals surface area contributed by atoms with E-state index in [1.807, 2.05) is 4.90 Å². The second kappa shape index (κ2) is 8.45. The van der Waals surface area contributed by atoms with Gasteiger partial charge in [0.25, 0.3) is 0 Å². The van der Waals surface area contributed by atoms with Crippen LogP contribution >= 0.6 is 0 Å². The number of hydrogen-bond acceptors (Lipinski definition) is 4. The zero-order valence-corrected chi connectivity index (χ0v) is 11.8. The lowest BCUT2D eigenvalue weighted by Gasteiger charge is -2.26. The van der Waals surface area contributed by atoms with E-state index in [9.17, 15) is 4.79 Å². The SMILES string of the molecule is COCCCN(CCOC)C(=O)[C@@H]1CNC[C@H]1C. The van der Waals surface area contributed by atoms with Crippen LogP contribution in [0.2, 0.25) is 0 Å². The Morgan fingerprint density at radius 2 is 1.94 bits per heavy atom. The Balaban J connectivity index is 2.48. The van der Waals surface area contributed by atoms with Crippen molar-refractivity contribution in [3.8, 4) is 0 Å². The van der Waals surface area contributed by atoms with Crippen LogP contribution in [0.5, 0.6) is 0 Å². The van der Waals surface area contributed by atoms with Gasteiger partial charge in [-0.3, -0.25) is 4.79 Å². The molecule has 1 aliphatic heterocycles. The molecule has 0 aromatic carbocycles. The highest BCUT2D eigenvalue weighted by Crippen LogP contribution is 2.18. The molecule has 0 radical (unpaired) electrons. The summed E-state index contributed by atoms with van der Waals surface area (Å²) in [6, 6.07) is 0. The van der Waals surface area contributed by atoms with Gasteiger partial charge in [0.1, 0.15) is 0 Å². The van der Waals surface area contributed by atoms with Gasteiger partial charge in [-0.25, -0.2) is 0 Å². The van der Waals surface area contributed by atoms with Gasteiger partial charge in [-0.2, -0.15) is 0 Å². The molecule has 0 aromatic heterocycles. The minimum atomic E-state index is 0.115. The average Bonchev–Trinajstić information content (AvgIpc) is 2.79. The van der Waals surface area contributed by atoms with Crippen molar-refractivity contribution in [2.75, 3.05) is 53.6 Å². The van der Waals surface area contributed by atoms with Crippen molar-refractivity contribution < 1.29 is 14.3 Å². The lowest BCUT2D eigenvalue weighted by atomic mass is 9.96. The molecule has 0 saturated carbocycles. The van der Waals surface area contributed by atoms with Crippen LogP contribution in [0.1, 0.15) is 13.3 Å². The van der Waals surface area contributed by atoms with E-state index < -0.39 is 0 Å². The minimum Gasteiger partial charge on any atom is -0.385 e. The maximum atomic E-state index is 12.4. The van der Waals surface area contributed by atoms with E-state index >= 15 is 0 Å². The van der Waals surface area contributed by atoms with Crippen LogP contribution in [0.25, 0.3) is 0 Å². The molecule has 1 fully saturated rings. The third-order valence-corrected chi connectivity index (χ3v) is 3.49. The standard InChI is InChI=1S/C13H26N2O3/c1-11-9-14-10-12(11)13(16)15(6-8-18-3)5-4-7-17-2/h11-12,14H,4-10H2,1-3H3/t11-,12-/m1/s1. The highest BCUT2D eigenvalue weighted by molar-refractivity contribution is 5.79. The Labute approximate surface area is 110 Å². The lowest BCUT2D eigenvalue weighted by Crippen LogP contribution is -2.41. The second-order valence-corrected chi connectivity index (χ2v) is 4.91. The number of carbonyl (C=O) groups is 1. The Hall–Kier alpha value is -0.650. The molecule has 5 nitrogen and oxygen atoms in total. The van der Waals surface area contributed by atoms with Gasteiger partial charge in [-0.15, -0.1) is 0 Å². The van der Waals surface area contributed by atoms with Crippen molar-refractivity contribution in [2.24, 2.45) is 11.8 Å². The summed E-state index contributed by atoms with van der Waals surface area (Å²) in [6.45, 7) is 6.57. The summed E-state index contributed by atoms with van der Waals surface area (Å²) in [5.74, 6) is 0.787. The van der Waals surface area contributed by atoms with Crippen LogP contribution in [0.3, 0.4) is 0 Å². The molecule has 1 aliphatic rings. The highest BCUT2D eigenvalue weighted by atomic mass is 16.5. The van der Waals surface area contributed by atoms with Crippen molar-refractivity contribution in [3.63, 3.8) is 0 Å². The average molecular weight is 258 g/mol. The molecule has 0 aromatic rings. The fourth-order valence-corrected chi connectivity index (χ4v) is 2.31. The van der Waals surface area contributed by atoms with E-state index in [1.54, 1.807) is 14.2 Å². The number of methoxy groups -OCH3 is 2. The predicted octanol–water partition coefficient (Wildman–Crippen LogP) is 0.353. The number of rotatable bonds is 8. The Kier molecular flexibility index (Phi) is 7.23. The second-order valence-electron chi connectivity index (χ2n) is 4.91. The summed E-state index contributed by atoms with van der Waals surface area (Å²) in [4.78, 5) is 14.4. The summed E-state index contributed by atoms with van der Waals surface area (Å²) in [5, 5.41) is 3.28. The zero-order valence-electron chi connectivity index (χ0n) is 11.8. The molecule has 5 heteroatoms. The van der Waals surface area contributed by atoms with Crippen LogP contribution in [-0.2, 0) is 14.3 Å². The molecule has 18 heavy (non-hydrogen) atoms. The Morgan fingerprint density at radius 1 is 1.22 bits per heavy atom. The molecule has 0 spiro atoms. The molecule has 2 atom stereocenters. The maximum absolute atomic E-state index is 12.4. The number of hydrogen-bond donors (Lipinski definition) is 1. The van der Waals surface area contributed by atoms with Crippen molar-refractivity contribution in [1.82, 2.24) is 10.2 Å². The summed E-state index contributed by atoms with van der Waals surface area (Å²) in [7, 11) is 3.35. The quantitative estimate of drug-likeness (QED) is 0.638. The van der Waals surface area contributed by atoms with Crippen molar-refractivity contribution in [3.05, 3.63) is 0 Å². The number of amides is 1. The van der Waals surface area contributed by atoms with Crippen LogP contribution < -0.4 is 5.32 Å². The highest BCUT2D eigenvalue weighted by Gasteiger charge is 2.32. The first-order valence-electron chi connectivity index (χ1n) is 6.68. The molecule has 1 saturated heterocycles. The minimum absolute atomic E-state index is 0.115. The van der Waals surface area contributed by atoms with Gasteiger partial charge in [0.2, 0.25) is 5.91 Å². The molecule has 0 unspecified atom stereocenters. The van der Waals surface area contributed by atoms with Gasteiger partial charge >= 0.3 is 0 Å².